The first-order chi connectivity index (χ1) is 6.95. The Balaban J connectivity index is 2.33. The Hall–Kier alpha value is -2.03. The fourth-order valence-electron chi connectivity index (χ4n) is 1.60. The molecule has 0 saturated heterocycles. The lowest BCUT2D eigenvalue weighted by Crippen LogP contribution is -2.03. The second-order valence-electron chi connectivity index (χ2n) is 3.14. The zero-order valence-electron chi connectivity index (χ0n) is 7.54. The normalized spacial score (nSPS) is 10.9. The Labute approximate surface area is 81.2 Å². The van der Waals surface area contributed by atoms with Crippen molar-refractivity contribution in [3.8, 4) is 0 Å². The topological polar surface area (TPSA) is 22.8 Å². The largest absolute Gasteiger partial charge is 0.263 e. The summed E-state index contributed by atoms with van der Waals surface area (Å²) >= 11 is 0. The summed E-state index contributed by atoms with van der Waals surface area (Å²) in [7, 11) is 0. The smallest absolute Gasteiger partial charge is 0.116 e. The summed E-state index contributed by atoms with van der Waals surface area (Å²) < 4.78 is 4.00. The molecule has 68 valence electrons. The van der Waals surface area contributed by atoms with Crippen molar-refractivity contribution in [1.82, 2.24) is 14.3 Å². The highest BCUT2D eigenvalue weighted by Crippen LogP contribution is 2.11. The van der Waals surface area contributed by atoms with E-state index in [9.17, 15) is 0 Å². The Kier molecular flexibility index (Phi) is 1.44. The van der Waals surface area contributed by atoms with E-state index in [1.54, 1.807) is 0 Å². The zero-order chi connectivity index (χ0) is 9.38. The molecule has 0 fully saturated rings. The van der Waals surface area contributed by atoms with E-state index in [4.69, 9.17) is 0 Å². The van der Waals surface area contributed by atoms with Gasteiger partial charge in [0.05, 0.1) is 11.0 Å². The minimum Gasteiger partial charge on any atom is -0.263 e. The zero-order valence-corrected chi connectivity index (χ0v) is 7.54. The molecule has 0 unspecified atom stereocenters. The summed E-state index contributed by atoms with van der Waals surface area (Å²) in [6, 6.07) is 12.1. The summed E-state index contributed by atoms with van der Waals surface area (Å²) in [6.45, 7) is 0. The van der Waals surface area contributed by atoms with Crippen LogP contribution in [0.15, 0.2) is 55.1 Å². The Morgan fingerprint density at radius 1 is 0.929 bits per heavy atom. The number of fused-ring (bicyclic) bond motifs is 1. The number of rotatable bonds is 1. The van der Waals surface area contributed by atoms with Crippen molar-refractivity contribution in [3.63, 3.8) is 0 Å². The third kappa shape index (κ3) is 0.956. The van der Waals surface area contributed by atoms with E-state index in [1.807, 2.05) is 58.4 Å². The summed E-state index contributed by atoms with van der Waals surface area (Å²) in [5.41, 5.74) is 2.13. The third-order valence-electron chi connectivity index (χ3n) is 2.27. The van der Waals surface area contributed by atoms with Crippen LogP contribution in [0.2, 0.25) is 0 Å². The molecule has 0 aliphatic carbocycles. The Morgan fingerprint density at radius 3 is 2.57 bits per heavy atom. The van der Waals surface area contributed by atoms with Gasteiger partial charge < -0.3 is 0 Å². The van der Waals surface area contributed by atoms with E-state index in [0.717, 1.165) is 11.0 Å². The first-order valence-electron chi connectivity index (χ1n) is 4.51. The Morgan fingerprint density at radius 2 is 1.71 bits per heavy atom. The van der Waals surface area contributed by atoms with Gasteiger partial charge in [0.1, 0.15) is 6.33 Å². The summed E-state index contributed by atoms with van der Waals surface area (Å²) in [4.78, 5) is 4.32. The van der Waals surface area contributed by atoms with Crippen molar-refractivity contribution < 1.29 is 0 Å². The van der Waals surface area contributed by atoms with Crippen molar-refractivity contribution in [2.24, 2.45) is 0 Å². The molecule has 3 nitrogen and oxygen atoms in total. The number of benzene rings is 1. The van der Waals surface area contributed by atoms with Crippen molar-refractivity contribution in [2.45, 2.75) is 0 Å². The van der Waals surface area contributed by atoms with Crippen molar-refractivity contribution >= 4 is 11.0 Å². The van der Waals surface area contributed by atoms with Crippen LogP contribution in [0.5, 0.6) is 0 Å². The lowest BCUT2D eigenvalue weighted by atomic mass is 10.3. The van der Waals surface area contributed by atoms with E-state index < -0.39 is 0 Å². The maximum absolute atomic E-state index is 4.32. The number of hydrogen-bond donors (Lipinski definition) is 0. The fourth-order valence-corrected chi connectivity index (χ4v) is 1.60. The number of nitrogens with zero attached hydrogens (tertiary/aromatic N) is 3. The standard InChI is InChI=1S/C11H9N3/c1-2-6-11-10(5-1)12-9-14(11)13-7-3-4-8-13/h1-9H. The SMILES string of the molecule is c1ccc2c(c1)ncn2-n1cccc1. The van der Waals surface area contributed by atoms with Crippen LogP contribution in [-0.4, -0.2) is 14.3 Å². The van der Waals surface area contributed by atoms with E-state index in [2.05, 4.69) is 11.1 Å². The summed E-state index contributed by atoms with van der Waals surface area (Å²) in [5, 5.41) is 0. The van der Waals surface area contributed by atoms with Crippen LogP contribution in [0.1, 0.15) is 0 Å². The first kappa shape index (κ1) is 7.38. The van der Waals surface area contributed by atoms with Gasteiger partial charge in [0, 0.05) is 12.4 Å². The summed E-state index contributed by atoms with van der Waals surface area (Å²) in [5.74, 6) is 0. The van der Waals surface area contributed by atoms with E-state index >= 15 is 0 Å². The minimum absolute atomic E-state index is 1.02. The van der Waals surface area contributed by atoms with Crippen LogP contribution >= 0.6 is 0 Å². The second kappa shape index (κ2) is 2.73. The predicted octanol–water partition coefficient (Wildman–Crippen LogP) is 2.15. The highest BCUT2D eigenvalue weighted by molar-refractivity contribution is 5.74. The molecule has 0 atom stereocenters. The van der Waals surface area contributed by atoms with Crippen LogP contribution < -0.4 is 0 Å². The van der Waals surface area contributed by atoms with Crippen LogP contribution in [0.25, 0.3) is 11.0 Å². The monoisotopic (exact) mass is 183 g/mol. The van der Waals surface area contributed by atoms with Gasteiger partial charge in [-0.25, -0.2) is 9.66 Å². The van der Waals surface area contributed by atoms with E-state index in [0.29, 0.717) is 0 Å². The van der Waals surface area contributed by atoms with Crippen LogP contribution in [0.4, 0.5) is 0 Å². The third-order valence-corrected chi connectivity index (χ3v) is 2.27. The van der Waals surface area contributed by atoms with Gasteiger partial charge in [-0.3, -0.25) is 4.68 Å². The number of aromatic nitrogens is 3. The van der Waals surface area contributed by atoms with Crippen molar-refractivity contribution in [3.05, 3.63) is 55.1 Å². The molecule has 3 aromatic rings. The van der Waals surface area contributed by atoms with Crippen molar-refractivity contribution in [1.29, 1.82) is 0 Å². The number of para-hydroxylation sites is 2. The van der Waals surface area contributed by atoms with E-state index in [-0.39, 0.29) is 0 Å². The van der Waals surface area contributed by atoms with Gasteiger partial charge in [-0.15, -0.1) is 0 Å². The highest BCUT2D eigenvalue weighted by Gasteiger charge is 2.00. The summed E-state index contributed by atoms with van der Waals surface area (Å²) in [6.07, 6.45) is 5.81. The highest BCUT2D eigenvalue weighted by atomic mass is 15.5. The molecule has 0 saturated carbocycles. The van der Waals surface area contributed by atoms with Crippen LogP contribution in [-0.2, 0) is 0 Å². The van der Waals surface area contributed by atoms with Gasteiger partial charge in [0.15, 0.2) is 0 Å². The molecular formula is C11H9N3. The lowest BCUT2D eigenvalue weighted by Gasteiger charge is -2.03. The average molecular weight is 183 g/mol. The van der Waals surface area contributed by atoms with Gasteiger partial charge in [-0.2, -0.15) is 0 Å². The molecule has 2 aromatic heterocycles. The maximum atomic E-state index is 4.32. The molecule has 0 radical (unpaired) electrons. The number of hydrogen-bond acceptors (Lipinski definition) is 1. The molecule has 0 aliphatic rings. The van der Waals surface area contributed by atoms with Gasteiger partial charge in [0.2, 0.25) is 0 Å². The fraction of sp³-hybridized carbons (Fsp3) is 0. The molecule has 0 amide bonds. The van der Waals surface area contributed by atoms with Crippen LogP contribution in [0, 0.1) is 0 Å². The molecule has 14 heavy (non-hydrogen) atoms. The van der Waals surface area contributed by atoms with Crippen LogP contribution in [0.3, 0.4) is 0 Å². The van der Waals surface area contributed by atoms with Gasteiger partial charge in [0.25, 0.3) is 0 Å². The number of imidazole rings is 1. The molecule has 0 aliphatic heterocycles. The quantitative estimate of drug-likeness (QED) is 0.566. The van der Waals surface area contributed by atoms with Gasteiger partial charge >= 0.3 is 0 Å². The van der Waals surface area contributed by atoms with Gasteiger partial charge in [-0.05, 0) is 24.3 Å². The molecule has 0 bridgehead atoms. The molecule has 2 heterocycles. The molecule has 3 heteroatoms. The molecule has 0 N–H and O–H groups in total. The second-order valence-corrected chi connectivity index (χ2v) is 3.14. The van der Waals surface area contributed by atoms with Crippen molar-refractivity contribution in [2.75, 3.05) is 0 Å². The van der Waals surface area contributed by atoms with Gasteiger partial charge in [-0.1, -0.05) is 12.1 Å². The minimum atomic E-state index is 1.02. The first-order valence-corrected chi connectivity index (χ1v) is 4.51. The molecule has 0 spiro atoms. The predicted molar refractivity (Wildman–Crippen MR) is 55.0 cm³/mol. The maximum Gasteiger partial charge on any atom is 0.116 e. The Bertz CT molecular complexity index is 549. The van der Waals surface area contributed by atoms with E-state index in [1.165, 1.54) is 0 Å². The molecule has 3 rings (SSSR count). The molecular weight excluding hydrogens is 174 g/mol. The molecule has 1 aromatic carbocycles. The average Bonchev–Trinajstić information content (AvgIpc) is 2.85. The lowest BCUT2D eigenvalue weighted by molar-refractivity contribution is 0.685.